The summed E-state index contributed by atoms with van der Waals surface area (Å²) < 4.78 is 9.35. The van der Waals surface area contributed by atoms with Crippen LogP contribution in [0.25, 0.3) is 0 Å². The predicted molar refractivity (Wildman–Crippen MR) is 178 cm³/mol. The summed E-state index contributed by atoms with van der Waals surface area (Å²) >= 11 is 0. The van der Waals surface area contributed by atoms with Crippen molar-refractivity contribution < 1.29 is 4.74 Å². The maximum atomic E-state index is 7.05. The predicted octanol–water partition coefficient (Wildman–Crippen LogP) is 7.34. The van der Waals surface area contributed by atoms with E-state index in [0.717, 1.165) is 35.7 Å². The molecule has 0 amide bonds. The number of hydrazine groups is 1. The lowest BCUT2D eigenvalue weighted by Crippen LogP contribution is -2.32. The highest BCUT2D eigenvalue weighted by atomic mass is 31.1. The molecular formula is C34H40N4OP2. The van der Waals surface area contributed by atoms with E-state index in [1.54, 1.807) is 0 Å². The third-order valence-corrected chi connectivity index (χ3v) is 10.6. The average Bonchev–Trinajstić information content (AvgIpc) is 3.39. The van der Waals surface area contributed by atoms with E-state index >= 15 is 0 Å². The first-order valence-corrected chi connectivity index (χ1v) is 16.5. The van der Waals surface area contributed by atoms with E-state index in [4.69, 9.17) is 10.5 Å². The number of fused-ring (bicyclic) bond motifs is 3. The minimum atomic E-state index is -0.205. The van der Waals surface area contributed by atoms with Crippen LogP contribution in [-0.2, 0) is 24.9 Å². The highest BCUT2D eigenvalue weighted by Gasteiger charge is 2.38. The first-order chi connectivity index (χ1) is 19.8. The van der Waals surface area contributed by atoms with Gasteiger partial charge in [-0.25, -0.2) is 5.43 Å². The summed E-state index contributed by atoms with van der Waals surface area (Å²) in [5.74, 6) is 2.42. The fraction of sp³-hybridized carbons (Fsp3) is 0.294. The Bertz CT molecular complexity index is 1600. The van der Waals surface area contributed by atoms with Crippen molar-refractivity contribution in [2.24, 2.45) is 5.73 Å². The van der Waals surface area contributed by atoms with Gasteiger partial charge in [0.15, 0.2) is 0 Å². The first-order valence-electron chi connectivity index (χ1n) is 14.5. The van der Waals surface area contributed by atoms with Crippen molar-refractivity contribution in [3.8, 4) is 11.5 Å². The van der Waals surface area contributed by atoms with Gasteiger partial charge in [-0.05, 0) is 58.9 Å². The first kappa shape index (κ1) is 28.2. The van der Waals surface area contributed by atoms with Gasteiger partial charge in [0.05, 0.1) is 5.69 Å². The van der Waals surface area contributed by atoms with Crippen molar-refractivity contribution in [2.75, 3.05) is 9.87 Å². The number of nitrogens with zero attached hydrogens (tertiary/aromatic N) is 1. The second kappa shape index (κ2) is 11.4. The highest BCUT2D eigenvalue weighted by Crippen LogP contribution is 2.50. The summed E-state index contributed by atoms with van der Waals surface area (Å²) in [4.78, 5) is 0. The molecule has 4 aromatic rings. The van der Waals surface area contributed by atoms with Crippen molar-refractivity contribution in [3.63, 3.8) is 0 Å². The molecule has 5 nitrogen and oxygen atoms in total. The van der Waals surface area contributed by atoms with E-state index in [1.165, 1.54) is 44.1 Å². The largest absolute Gasteiger partial charge is 0.455 e. The minimum Gasteiger partial charge on any atom is -0.455 e. The quantitative estimate of drug-likeness (QED) is 0.190. The fourth-order valence-electron chi connectivity index (χ4n) is 5.75. The summed E-state index contributed by atoms with van der Waals surface area (Å²) in [5.41, 5.74) is 19.5. The molecule has 0 saturated carbocycles. The molecule has 0 spiro atoms. The standard InChI is InChI=1S/C34H40N4OP2/c1-6-22-15-26-33(31(16-22)41-38-29-14-10-8-12-24(29)20-36-38)39-32-27(34(26,4)5)17-25(21(2)3)18-30(32)40-37-28-13-9-7-11-23(28)19-35/h7-18,21,36-37,40-41H,6,19-20,35H2,1-5H3. The van der Waals surface area contributed by atoms with Crippen LogP contribution in [0.1, 0.15) is 73.9 Å². The number of hydrogen-bond acceptors (Lipinski definition) is 5. The molecule has 7 heteroatoms. The Morgan fingerprint density at radius 3 is 2.49 bits per heavy atom. The van der Waals surface area contributed by atoms with Crippen LogP contribution in [0.2, 0.25) is 0 Å². The third kappa shape index (κ3) is 5.26. The number of rotatable bonds is 8. The zero-order chi connectivity index (χ0) is 28.7. The molecule has 0 fully saturated rings. The van der Waals surface area contributed by atoms with E-state index in [9.17, 15) is 0 Å². The van der Waals surface area contributed by atoms with E-state index < -0.39 is 0 Å². The molecule has 2 aliphatic heterocycles. The van der Waals surface area contributed by atoms with Crippen molar-refractivity contribution in [3.05, 3.63) is 106 Å². The molecule has 2 unspecified atom stereocenters. The van der Waals surface area contributed by atoms with Crippen molar-refractivity contribution in [2.45, 2.75) is 65.5 Å². The molecule has 0 aliphatic carbocycles. The van der Waals surface area contributed by atoms with Crippen LogP contribution >= 0.6 is 17.5 Å². The second-order valence-corrected chi connectivity index (χ2v) is 14.0. The van der Waals surface area contributed by atoms with Gasteiger partial charge >= 0.3 is 0 Å². The zero-order valence-corrected chi connectivity index (χ0v) is 26.6. The lowest BCUT2D eigenvalue weighted by molar-refractivity contribution is 0.424. The Kier molecular flexibility index (Phi) is 7.83. The van der Waals surface area contributed by atoms with Crippen molar-refractivity contribution in [1.29, 1.82) is 0 Å². The van der Waals surface area contributed by atoms with Crippen LogP contribution in [0, 0.1) is 0 Å². The Hall–Kier alpha value is -2.94. The second-order valence-electron chi connectivity index (χ2n) is 11.7. The van der Waals surface area contributed by atoms with Gasteiger partial charge < -0.3 is 15.6 Å². The van der Waals surface area contributed by atoms with Gasteiger partial charge in [0.25, 0.3) is 0 Å². The molecule has 0 radical (unpaired) electrons. The monoisotopic (exact) mass is 582 g/mol. The normalized spacial score (nSPS) is 15.4. The minimum absolute atomic E-state index is 0.205. The number of benzene rings is 4. The maximum absolute atomic E-state index is 7.05. The van der Waals surface area contributed by atoms with Crippen molar-refractivity contribution >= 4 is 39.4 Å². The summed E-state index contributed by atoms with van der Waals surface area (Å²) in [5, 5.41) is 6.15. The van der Waals surface area contributed by atoms with Gasteiger partial charge in [-0.15, -0.1) is 0 Å². The lowest BCUT2D eigenvalue weighted by atomic mass is 9.74. The molecule has 4 aromatic carbocycles. The fourth-order valence-corrected chi connectivity index (χ4v) is 8.08. The van der Waals surface area contributed by atoms with Gasteiger partial charge in [-0.1, -0.05) is 83.1 Å². The third-order valence-electron chi connectivity index (χ3n) is 8.35. The van der Waals surface area contributed by atoms with Gasteiger partial charge in [0, 0.05) is 63.4 Å². The van der Waals surface area contributed by atoms with Crippen LogP contribution in [0.5, 0.6) is 11.5 Å². The van der Waals surface area contributed by atoms with Crippen molar-refractivity contribution in [1.82, 2.24) is 5.43 Å². The summed E-state index contributed by atoms with van der Waals surface area (Å²) in [6.45, 7) is 12.9. The molecule has 0 bridgehead atoms. The molecule has 212 valence electrons. The van der Waals surface area contributed by atoms with E-state index in [-0.39, 0.29) is 5.41 Å². The molecule has 4 N–H and O–H groups in total. The summed E-state index contributed by atoms with van der Waals surface area (Å²) in [6, 6.07) is 26.4. The molecule has 0 aromatic heterocycles. The summed E-state index contributed by atoms with van der Waals surface area (Å²) in [7, 11) is 0.762. The van der Waals surface area contributed by atoms with Crippen LogP contribution in [-0.4, -0.2) is 0 Å². The molecule has 2 aliphatic rings. The molecule has 41 heavy (non-hydrogen) atoms. The number of aryl methyl sites for hydroxylation is 1. The number of anilines is 2. The SMILES string of the molecule is CCc1cc(PN2NCc3ccccc32)c2c(c1)C(C)(C)c1cc(C(C)C)cc(PNc3ccccc3CN)c1O2. The van der Waals surface area contributed by atoms with Crippen LogP contribution in [0.15, 0.2) is 72.8 Å². The van der Waals surface area contributed by atoms with Gasteiger partial charge in [0.1, 0.15) is 11.5 Å². The van der Waals surface area contributed by atoms with Crippen LogP contribution in [0.4, 0.5) is 11.4 Å². The van der Waals surface area contributed by atoms with E-state index in [0.29, 0.717) is 29.9 Å². The van der Waals surface area contributed by atoms with E-state index in [2.05, 4.69) is 117 Å². The topological polar surface area (TPSA) is 62.5 Å². The lowest BCUT2D eigenvalue weighted by Gasteiger charge is -2.38. The Balaban J connectivity index is 1.44. The molecule has 6 rings (SSSR count). The smallest absolute Gasteiger partial charge is 0.140 e. The number of hydrogen-bond donors (Lipinski definition) is 3. The number of nitrogens with one attached hydrogen (secondary N) is 2. The number of para-hydroxylation sites is 2. The van der Waals surface area contributed by atoms with Gasteiger partial charge in [-0.2, -0.15) is 0 Å². The zero-order valence-electron chi connectivity index (χ0n) is 24.6. The number of nitrogens with two attached hydrogens (primary N) is 1. The Labute approximate surface area is 247 Å². The van der Waals surface area contributed by atoms with E-state index in [1.807, 2.05) is 6.07 Å². The van der Waals surface area contributed by atoms with Gasteiger partial charge in [-0.3, -0.25) is 4.78 Å². The Morgan fingerprint density at radius 1 is 0.976 bits per heavy atom. The average molecular weight is 583 g/mol. The molecule has 0 saturated heterocycles. The summed E-state index contributed by atoms with van der Waals surface area (Å²) in [6.07, 6.45) is 0.987. The molecular weight excluding hydrogens is 542 g/mol. The molecule has 2 heterocycles. The van der Waals surface area contributed by atoms with Gasteiger partial charge in [0.2, 0.25) is 0 Å². The highest BCUT2D eigenvalue weighted by molar-refractivity contribution is 7.49. The van der Waals surface area contributed by atoms with Crippen LogP contribution in [0.3, 0.4) is 0 Å². The van der Waals surface area contributed by atoms with Crippen LogP contribution < -0.4 is 36.4 Å². The Morgan fingerprint density at radius 2 is 1.71 bits per heavy atom. The molecule has 2 atom stereocenters. The maximum Gasteiger partial charge on any atom is 0.140 e. The number of ether oxygens (including phenoxy) is 1.